The summed E-state index contributed by atoms with van der Waals surface area (Å²) in [7, 11) is 1.61. The third-order valence-corrected chi connectivity index (χ3v) is 4.00. The van der Waals surface area contributed by atoms with Gasteiger partial charge in [0.1, 0.15) is 5.75 Å². The topological polar surface area (TPSA) is 34.4 Å². The van der Waals surface area contributed by atoms with Crippen molar-refractivity contribution in [2.75, 3.05) is 7.11 Å². The molecule has 1 N–H and O–H groups in total. The lowest BCUT2D eigenvalue weighted by molar-refractivity contribution is 0.156. The Kier molecular flexibility index (Phi) is 3.25. The van der Waals surface area contributed by atoms with Gasteiger partial charge in [-0.3, -0.25) is 0 Å². The molecule has 1 aromatic carbocycles. The molecule has 19 heavy (non-hydrogen) atoms. The van der Waals surface area contributed by atoms with Gasteiger partial charge in [-0.25, -0.2) is 0 Å². The summed E-state index contributed by atoms with van der Waals surface area (Å²) in [6.45, 7) is 0. The maximum absolute atomic E-state index is 10.0. The van der Waals surface area contributed by atoms with Gasteiger partial charge in [0.15, 0.2) is 0 Å². The Hall–Kier alpha value is -1.45. The first-order valence-electron chi connectivity index (χ1n) is 6.43. The molecule has 1 atom stereocenters. The second-order valence-corrected chi connectivity index (χ2v) is 5.22. The highest BCUT2D eigenvalue weighted by Gasteiger charge is 2.21. The number of methoxy groups -OCH3 is 1. The van der Waals surface area contributed by atoms with Crippen molar-refractivity contribution in [2.45, 2.75) is 25.4 Å². The van der Waals surface area contributed by atoms with Crippen molar-refractivity contribution in [3.63, 3.8) is 0 Å². The molecule has 0 spiro atoms. The zero-order chi connectivity index (χ0) is 13.4. The van der Waals surface area contributed by atoms with Crippen LogP contribution < -0.4 is 4.74 Å². The SMILES string of the molecule is COc1cc(-n2ccc3c2CCCC3O)ccc1Cl. The minimum absolute atomic E-state index is 0.334. The Balaban J connectivity index is 2.08. The summed E-state index contributed by atoms with van der Waals surface area (Å²) in [6.07, 6.45) is 4.52. The molecule has 0 fully saturated rings. The van der Waals surface area contributed by atoms with Gasteiger partial charge < -0.3 is 14.4 Å². The number of halogens is 1. The fraction of sp³-hybridized carbons (Fsp3) is 0.333. The van der Waals surface area contributed by atoms with Gasteiger partial charge in [0, 0.05) is 29.2 Å². The van der Waals surface area contributed by atoms with Crippen LogP contribution >= 0.6 is 11.6 Å². The normalized spacial score (nSPS) is 18.2. The zero-order valence-electron chi connectivity index (χ0n) is 10.8. The summed E-state index contributed by atoms with van der Waals surface area (Å²) in [5.41, 5.74) is 3.24. The number of rotatable bonds is 2. The molecule has 1 aromatic heterocycles. The van der Waals surface area contributed by atoms with E-state index >= 15 is 0 Å². The molecule has 3 nitrogen and oxygen atoms in total. The highest BCUT2D eigenvalue weighted by atomic mass is 35.5. The Bertz CT molecular complexity index is 606. The quantitative estimate of drug-likeness (QED) is 0.911. The molecule has 2 aromatic rings. The maximum Gasteiger partial charge on any atom is 0.139 e. The van der Waals surface area contributed by atoms with Crippen LogP contribution in [0.5, 0.6) is 5.75 Å². The van der Waals surface area contributed by atoms with Gasteiger partial charge in [0.2, 0.25) is 0 Å². The van der Waals surface area contributed by atoms with Crippen LogP contribution in [0.3, 0.4) is 0 Å². The Morgan fingerprint density at radius 3 is 3.00 bits per heavy atom. The lowest BCUT2D eigenvalue weighted by Gasteiger charge is -2.20. The number of hydrogen-bond acceptors (Lipinski definition) is 2. The van der Waals surface area contributed by atoms with Crippen molar-refractivity contribution in [3.8, 4) is 11.4 Å². The van der Waals surface area contributed by atoms with Gasteiger partial charge >= 0.3 is 0 Å². The summed E-state index contributed by atoms with van der Waals surface area (Å²) in [5, 5.41) is 10.6. The predicted octanol–water partition coefficient (Wildman–Crippen LogP) is 3.51. The smallest absolute Gasteiger partial charge is 0.139 e. The lowest BCUT2D eigenvalue weighted by atomic mass is 9.95. The molecule has 1 aliphatic carbocycles. The number of aromatic nitrogens is 1. The van der Waals surface area contributed by atoms with Crippen LogP contribution in [-0.4, -0.2) is 16.8 Å². The highest BCUT2D eigenvalue weighted by Crippen LogP contribution is 2.33. The molecule has 0 saturated carbocycles. The van der Waals surface area contributed by atoms with E-state index in [-0.39, 0.29) is 6.10 Å². The Morgan fingerprint density at radius 2 is 2.21 bits per heavy atom. The standard InChI is InChI=1S/C15H16ClNO2/c1-19-15-9-10(5-6-12(15)16)17-8-7-11-13(17)3-2-4-14(11)18/h5-9,14,18H,2-4H2,1H3. The van der Waals surface area contributed by atoms with Crippen molar-refractivity contribution in [1.82, 2.24) is 4.57 Å². The first-order chi connectivity index (χ1) is 9.20. The van der Waals surface area contributed by atoms with E-state index in [2.05, 4.69) is 4.57 Å². The molecular weight excluding hydrogens is 262 g/mol. The molecule has 1 aliphatic rings. The van der Waals surface area contributed by atoms with E-state index < -0.39 is 0 Å². The second kappa shape index (κ2) is 4.91. The van der Waals surface area contributed by atoms with Crippen LogP contribution in [-0.2, 0) is 6.42 Å². The zero-order valence-corrected chi connectivity index (χ0v) is 11.5. The van der Waals surface area contributed by atoms with Gasteiger partial charge in [-0.1, -0.05) is 11.6 Å². The predicted molar refractivity (Wildman–Crippen MR) is 75.2 cm³/mol. The summed E-state index contributed by atoms with van der Waals surface area (Å²) >= 11 is 6.05. The molecule has 3 rings (SSSR count). The number of ether oxygens (including phenoxy) is 1. The van der Waals surface area contributed by atoms with Crippen LogP contribution in [0.1, 0.15) is 30.2 Å². The third kappa shape index (κ3) is 2.13. The number of fused-ring (bicyclic) bond motifs is 1. The van der Waals surface area contributed by atoms with Gasteiger partial charge in [-0.2, -0.15) is 0 Å². The minimum atomic E-state index is -0.334. The number of benzene rings is 1. The van der Waals surface area contributed by atoms with Crippen molar-refractivity contribution in [2.24, 2.45) is 0 Å². The van der Waals surface area contributed by atoms with Crippen LogP contribution in [0, 0.1) is 0 Å². The van der Waals surface area contributed by atoms with Gasteiger partial charge in [-0.05, 0) is 37.5 Å². The first-order valence-corrected chi connectivity index (χ1v) is 6.80. The molecule has 0 radical (unpaired) electrons. The Labute approximate surface area is 117 Å². The van der Waals surface area contributed by atoms with E-state index in [1.165, 1.54) is 5.69 Å². The highest BCUT2D eigenvalue weighted by molar-refractivity contribution is 6.32. The molecule has 100 valence electrons. The first kappa shape index (κ1) is 12.6. The van der Waals surface area contributed by atoms with Crippen molar-refractivity contribution < 1.29 is 9.84 Å². The summed E-state index contributed by atoms with van der Waals surface area (Å²) in [5.74, 6) is 0.665. The van der Waals surface area contributed by atoms with Crippen molar-refractivity contribution in [3.05, 3.63) is 46.7 Å². The van der Waals surface area contributed by atoms with E-state index in [4.69, 9.17) is 16.3 Å². The second-order valence-electron chi connectivity index (χ2n) is 4.81. The van der Waals surface area contributed by atoms with Crippen LogP contribution in [0.15, 0.2) is 30.5 Å². The third-order valence-electron chi connectivity index (χ3n) is 3.69. The summed E-state index contributed by atoms with van der Waals surface area (Å²) in [4.78, 5) is 0. The number of aliphatic hydroxyl groups excluding tert-OH is 1. The van der Waals surface area contributed by atoms with Crippen LogP contribution in [0.2, 0.25) is 5.02 Å². The average molecular weight is 278 g/mol. The van der Waals surface area contributed by atoms with E-state index in [1.807, 2.05) is 30.5 Å². The summed E-state index contributed by atoms with van der Waals surface area (Å²) < 4.78 is 7.36. The number of aliphatic hydroxyl groups is 1. The molecule has 4 heteroatoms. The largest absolute Gasteiger partial charge is 0.495 e. The monoisotopic (exact) mass is 277 g/mol. The number of nitrogens with zero attached hydrogens (tertiary/aromatic N) is 1. The van der Waals surface area contributed by atoms with E-state index in [0.717, 1.165) is 30.5 Å². The van der Waals surface area contributed by atoms with Crippen LogP contribution in [0.25, 0.3) is 5.69 Å². The van der Waals surface area contributed by atoms with Gasteiger partial charge in [-0.15, -0.1) is 0 Å². The molecule has 0 saturated heterocycles. The molecule has 0 aliphatic heterocycles. The van der Waals surface area contributed by atoms with Crippen molar-refractivity contribution >= 4 is 11.6 Å². The molecule has 1 unspecified atom stereocenters. The van der Waals surface area contributed by atoms with E-state index in [9.17, 15) is 5.11 Å². The summed E-state index contributed by atoms with van der Waals surface area (Å²) in [6, 6.07) is 7.72. The molecular formula is C15H16ClNO2. The fourth-order valence-corrected chi connectivity index (χ4v) is 2.90. The number of hydrogen-bond donors (Lipinski definition) is 1. The molecule has 0 amide bonds. The minimum Gasteiger partial charge on any atom is -0.495 e. The maximum atomic E-state index is 10.0. The van der Waals surface area contributed by atoms with Gasteiger partial charge in [0.05, 0.1) is 18.2 Å². The fourth-order valence-electron chi connectivity index (χ4n) is 2.71. The van der Waals surface area contributed by atoms with Gasteiger partial charge in [0.25, 0.3) is 0 Å². The molecule has 1 heterocycles. The van der Waals surface area contributed by atoms with E-state index in [1.54, 1.807) is 7.11 Å². The molecule has 0 bridgehead atoms. The van der Waals surface area contributed by atoms with E-state index in [0.29, 0.717) is 10.8 Å². The Morgan fingerprint density at radius 1 is 1.37 bits per heavy atom. The lowest BCUT2D eigenvalue weighted by Crippen LogP contribution is -2.11. The van der Waals surface area contributed by atoms with Crippen LogP contribution in [0.4, 0.5) is 0 Å². The van der Waals surface area contributed by atoms with Crippen molar-refractivity contribution in [1.29, 1.82) is 0 Å². The average Bonchev–Trinajstić information content (AvgIpc) is 2.85.